The quantitative estimate of drug-likeness (QED) is 0.376. The van der Waals surface area contributed by atoms with E-state index in [0.29, 0.717) is 22.1 Å². The zero-order valence-electron chi connectivity index (χ0n) is 16.8. The number of hydrogen-bond acceptors (Lipinski definition) is 5. The van der Waals surface area contributed by atoms with Crippen molar-refractivity contribution in [2.24, 2.45) is 0 Å². The van der Waals surface area contributed by atoms with Crippen molar-refractivity contribution in [1.82, 2.24) is 14.8 Å². The number of para-hydroxylation sites is 1. The number of carbonyl (C=O) groups excluding carboxylic acids is 2. The number of amides is 1. The van der Waals surface area contributed by atoms with Gasteiger partial charge in [0, 0.05) is 10.9 Å². The summed E-state index contributed by atoms with van der Waals surface area (Å²) in [6, 6.07) is 17.4. The minimum absolute atomic E-state index is 0.312. The molecule has 1 amide bonds. The number of ketones is 1. The Bertz CT molecular complexity index is 1240. The molecule has 7 heteroatoms. The van der Waals surface area contributed by atoms with Crippen LogP contribution >= 0.6 is 11.3 Å². The number of rotatable bonds is 5. The van der Waals surface area contributed by atoms with Gasteiger partial charge in [-0.3, -0.25) is 14.9 Å². The van der Waals surface area contributed by atoms with E-state index >= 15 is 0 Å². The predicted molar refractivity (Wildman–Crippen MR) is 118 cm³/mol. The van der Waals surface area contributed by atoms with Gasteiger partial charge in [-0.25, -0.2) is 9.67 Å². The molecule has 1 N–H and O–H groups in total. The number of carbonyl (C=O) groups is 2. The van der Waals surface area contributed by atoms with E-state index in [1.807, 2.05) is 66.9 Å². The third-order valence-electron chi connectivity index (χ3n) is 4.87. The molecular formula is C23H20N4O2S. The summed E-state index contributed by atoms with van der Waals surface area (Å²) < 4.78 is 1.68. The first-order chi connectivity index (χ1) is 14.5. The molecule has 30 heavy (non-hydrogen) atoms. The second-order valence-electron chi connectivity index (χ2n) is 6.93. The molecule has 0 radical (unpaired) electrons. The molecule has 0 unspecified atom stereocenters. The molecular weight excluding hydrogens is 396 g/mol. The highest BCUT2D eigenvalue weighted by atomic mass is 32.1. The van der Waals surface area contributed by atoms with E-state index in [1.165, 1.54) is 11.3 Å². The summed E-state index contributed by atoms with van der Waals surface area (Å²) >= 11 is 1.29. The van der Waals surface area contributed by atoms with Crippen LogP contribution in [0.4, 0.5) is 5.13 Å². The maximum atomic E-state index is 12.9. The molecule has 0 atom stereocenters. The van der Waals surface area contributed by atoms with Crippen LogP contribution in [0.3, 0.4) is 0 Å². The van der Waals surface area contributed by atoms with Gasteiger partial charge in [0.25, 0.3) is 11.7 Å². The third kappa shape index (κ3) is 3.67. The maximum Gasteiger partial charge on any atom is 0.298 e. The molecule has 4 rings (SSSR count). The molecule has 0 aliphatic rings. The molecule has 4 aromatic rings. The van der Waals surface area contributed by atoms with E-state index in [-0.39, 0.29) is 0 Å². The third-order valence-corrected chi connectivity index (χ3v) is 5.63. The molecule has 2 aromatic heterocycles. The van der Waals surface area contributed by atoms with E-state index in [9.17, 15) is 9.59 Å². The van der Waals surface area contributed by atoms with E-state index < -0.39 is 11.7 Å². The van der Waals surface area contributed by atoms with Crippen LogP contribution in [0.5, 0.6) is 0 Å². The van der Waals surface area contributed by atoms with Crippen LogP contribution in [0.15, 0.2) is 60.0 Å². The second kappa shape index (κ2) is 8.04. The van der Waals surface area contributed by atoms with Gasteiger partial charge in [0.1, 0.15) is 0 Å². The molecule has 0 saturated carbocycles. The van der Waals surface area contributed by atoms with Crippen LogP contribution in [0.1, 0.15) is 27.3 Å². The van der Waals surface area contributed by atoms with Crippen molar-refractivity contribution in [1.29, 1.82) is 0 Å². The lowest BCUT2D eigenvalue weighted by molar-refractivity contribution is -0.112. The van der Waals surface area contributed by atoms with Crippen molar-refractivity contribution in [3.63, 3.8) is 0 Å². The summed E-state index contributed by atoms with van der Waals surface area (Å²) in [6.45, 7) is 5.52. The average Bonchev–Trinajstić information content (AvgIpc) is 3.32. The van der Waals surface area contributed by atoms with Crippen molar-refractivity contribution in [2.45, 2.75) is 20.8 Å². The summed E-state index contributed by atoms with van der Waals surface area (Å²) in [4.78, 5) is 30.0. The van der Waals surface area contributed by atoms with Crippen LogP contribution in [0.2, 0.25) is 0 Å². The molecule has 0 saturated heterocycles. The second-order valence-corrected chi connectivity index (χ2v) is 7.79. The zero-order chi connectivity index (χ0) is 21.3. The van der Waals surface area contributed by atoms with Crippen LogP contribution in [-0.4, -0.2) is 26.5 Å². The van der Waals surface area contributed by atoms with Crippen molar-refractivity contribution < 1.29 is 9.59 Å². The first-order valence-electron chi connectivity index (χ1n) is 9.44. The molecule has 0 fully saturated rings. The molecule has 2 heterocycles. The molecule has 0 aliphatic carbocycles. The minimum atomic E-state index is -0.723. The van der Waals surface area contributed by atoms with E-state index in [1.54, 1.807) is 18.5 Å². The Morgan fingerprint density at radius 1 is 0.967 bits per heavy atom. The number of Topliss-reactive ketones (excluding diaryl/α,β-unsaturated/α-hetero) is 1. The number of nitrogens with one attached hydrogen (secondary N) is 1. The first-order valence-corrected chi connectivity index (χ1v) is 10.3. The lowest BCUT2D eigenvalue weighted by atomic mass is 10.1. The fraction of sp³-hybridized carbons (Fsp3) is 0.130. The average molecular weight is 417 g/mol. The Morgan fingerprint density at radius 2 is 1.67 bits per heavy atom. The highest BCUT2D eigenvalue weighted by Crippen LogP contribution is 2.27. The van der Waals surface area contributed by atoms with E-state index in [2.05, 4.69) is 15.4 Å². The number of anilines is 1. The maximum absolute atomic E-state index is 12.9. The summed E-state index contributed by atoms with van der Waals surface area (Å²) in [6.07, 6.45) is 0. The Labute approximate surface area is 178 Å². The van der Waals surface area contributed by atoms with Gasteiger partial charge in [-0.2, -0.15) is 5.10 Å². The summed E-state index contributed by atoms with van der Waals surface area (Å²) in [5, 5.41) is 9.34. The minimum Gasteiger partial charge on any atom is -0.295 e. The number of aromatic nitrogens is 3. The standard InChI is InChI=1S/C23H20N4O2S/c1-14-9-7-8-12-18(14)19-13-30-23(24-19)25-22(29)21(28)20-15(2)26-27(16(20)3)17-10-5-4-6-11-17/h4-13H,1-3H3,(H,24,25,29). The normalized spacial score (nSPS) is 10.8. The number of benzene rings is 2. The number of aryl methyl sites for hydroxylation is 2. The zero-order valence-corrected chi connectivity index (χ0v) is 17.7. The Hall–Kier alpha value is -3.58. The van der Waals surface area contributed by atoms with Crippen LogP contribution in [0.25, 0.3) is 16.9 Å². The van der Waals surface area contributed by atoms with Crippen molar-refractivity contribution >= 4 is 28.2 Å². The van der Waals surface area contributed by atoms with Crippen LogP contribution in [-0.2, 0) is 4.79 Å². The molecule has 0 spiro atoms. The lowest BCUT2D eigenvalue weighted by Gasteiger charge is -2.05. The summed E-state index contributed by atoms with van der Waals surface area (Å²) in [7, 11) is 0. The Kier molecular flexibility index (Phi) is 5.29. The Morgan fingerprint density at radius 3 is 2.40 bits per heavy atom. The number of nitrogens with zero attached hydrogens (tertiary/aromatic N) is 3. The van der Waals surface area contributed by atoms with Gasteiger partial charge in [-0.05, 0) is 38.5 Å². The summed E-state index contributed by atoms with van der Waals surface area (Å²) in [5.41, 5.74) is 5.14. The summed E-state index contributed by atoms with van der Waals surface area (Å²) in [5.74, 6) is -1.35. The van der Waals surface area contributed by atoms with E-state index in [0.717, 1.165) is 22.5 Å². The van der Waals surface area contributed by atoms with Gasteiger partial charge in [0.05, 0.1) is 28.3 Å². The fourth-order valence-electron chi connectivity index (χ4n) is 3.37. The molecule has 0 bridgehead atoms. The predicted octanol–water partition coefficient (Wildman–Crippen LogP) is 4.74. The van der Waals surface area contributed by atoms with Gasteiger partial charge in [-0.1, -0.05) is 42.5 Å². The number of thiazole rings is 1. The SMILES string of the molecule is Cc1ccccc1-c1csc(NC(=O)C(=O)c2c(C)nn(-c3ccccc3)c2C)n1. The van der Waals surface area contributed by atoms with E-state index in [4.69, 9.17) is 0 Å². The monoisotopic (exact) mass is 416 g/mol. The molecule has 2 aromatic carbocycles. The van der Waals surface area contributed by atoms with Gasteiger partial charge in [0.2, 0.25) is 0 Å². The molecule has 0 aliphatic heterocycles. The van der Waals surface area contributed by atoms with Crippen LogP contribution in [0, 0.1) is 20.8 Å². The smallest absolute Gasteiger partial charge is 0.295 e. The van der Waals surface area contributed by atoms with Gasteiger partial charge in [0.15, 0.2) is 5.13 Å². The highest BCUT2D eigenvalue weighted by Gasteiger charge is 2.26. The van der Waals surface area contributed by atoms with Crippen LogP contribution < -0.4 is 5.32 Å². The van der Waals surface area contributed by atoms with Crippen molar-refractivity contribution in [2.75, 3.05) is 5.32 Å². The lowest BCUT2D eigenvalue weighted by Crippen LogP contribution is -2.24. The van der Waals surface area contributed by atoms with Gasteiger partial charge in [-0.15, -0.1) is 11.3 Å². The first kappa shape index (κ1) is 19.7. The van der Waals surface area contributed by atoms with Crippen molar-refractivity contribution in [3.05, 3.63) is 82.5 Å². The molecule has 150 valence electrons. The largest absolute Gasteiger partial charge is 0.298 e. The fourth-order valence-corrected chi connectivity index (χ4v) is 4.08. The van der Waals surface area contributed by atoms with Gasteiger partial charge >= 0.3 is 0 Å². The Balaban J connectivity index is 1.56. The van der Waals surface area contributed by atoms with Gasteiger partial charge < -0.3 is 0 Å². The topological polar surface area (TPSA) is 76.9 Å². The molecule has 6 nitrogen and oxygen atoms in total. The van der Waals surface area contributed by atoms with Crippen molar-refractivity contribution in [3.8, 4) is 16.9 Å². The highest BCUT2D eigenvalue weighted by molar-refractivity contribution is 7.14. The number of hydrogen-bond donors (Lipinski definition) is 1.